The molecule has 0 atom stereocenters. The van der Waals surface area contributed by atoms with Gasteiger partial charge in [-0.1, -0.05) is 35.0 Å². The summed E-state index contributed by atoms with van der Waals surface area (Å²) in [5.41, 5.74) is 3.72. The molecule has 0 fully saturated rings. The Morgan fingerprint density at radius 1 is 1.32 bits per heavy atom. The number of nitrogens with zero attached hydrogens (tertiary/aromatic N) is 4. The van der Waals surface area contributed by atoms with Gasteiger partial charge in [0.25, 0.3) is 5.95 Å². The van der Waals surface area contributed by atoms with Crippen molar-refractivity contribution >= 4 is 58.7 Å². The fourth-order valence-corrected chi connectivity index (χ4v) is 3.42. The van der Waals surface area contributed by atoms with Crippen LogP contribution in [0.2, 0.25) is 10.0 Å². The number of halogens is 2. The molecule has 0 bridgehead atoms. The molecule has 10 nitrogen and oxygen atoms in total. The van der Waals surface area contributed by atoms with Crippen LogP contribution in [0.3, 0.4) is 0 Å². The molecule has 1 amide bonds. The molecule has 0 saturated heterocycles. The lowest BCUT2D eigenvalue weighted by molar-refractivity contribution is -0.113. The maximum Gasteiger partial charge on any atom is 0.264 e. The molecule has 1 aromatic heterocycles. The lowest BCUT2D eigenvalue weighted by Gasteiger charge is -2.07. The smallest absolute Gasteiger partial charge is 0.264 e. The summed E-state index contributed by atoms with van der Waals surface area (Å²) in [6, 6.07) is 9.58. The van der Waals surface area contributed by atoms with Crippen LogP contribution in [0, 0.1) is 0 Å². The van der Waals surface area contributed by atoms with E-state index in [1.165, 1.54) is 25.5 Å². The van der Waals surface area contributed by atoms with Gasteiger partial charge in [-0.05, 0) is 42.0 Å². The fourth-order valence-electron chi connectivity index (χ4n) is 2.31. The molecule has 0 unspecified atom stereocenters. The van der Waals surface area contributed by atoms with Crippen molar-refractivity contribution in [2.24, 2.45) is 5.10 Å². The third kappa shape index (κ3) is 5.94. The largest absolute Gasteiger partial charge is 0.504 e. The summed E-state index contributed by atoms with van der Waals surface area (Å²) in [6.45, 7) is 0. The molecule has 0 spiro atoms. The second-order valence-corrected chi connectivity index (χ2v) is 7.72. The van der Waals surface area contributed by atoms with Crippen molar-refractivity contribution in [3.05, 3.63) is 52.0 Å². The number of thioether (sulfide) groups is 1. The van der Waals surface area contributed by atoms with Crippen LogP contribution < -0.4 is 21.3 Å². The minimum atomic E-state index is -0.302. The molecule has 31 heavy (non-hydrogen) atoms. The first kappa shape index (κ1) is 22.5. The SMILES string of the molecule is COc1ccc(/C=N/Nc2nnc(SCC(=O)Nc3ccc(Cl)cc3Cl)n2N)cc1O. The fraction of sp³-hybridized carbons (Fsp3) is 0.111. The molecular weight excluding hydrogens is 465 g/mol. The molecule has 3 aromatic rings. The summed E-state index contributed by atoms with van der Waals surface area (Å²) in [5.74, 6) is 6.18. The maximum absolute atomic E-state index is 12.2. The van der Waals surface area contributed by atoms with Gasteiger partial charge in [-0.3, -0.25) is 4.79 Å². The Morgan fingerprint density at radius 2 is 2.13 bits per heavy atom. The molecule has 0 radical (unpaired) electrons. The van der Waals surface area contributed by atoms with Gasteiger partial charge in [-0.2, -0.15) is 5.10 Å². The highest BCUT2D eigenvalue weighted by Gasteiger charge is 2.13. The highest BCUT2D eigenvalue weighted by molar-refractivity contribution is 7.99. The van der Waals surface area contributed by atoms with Crippen molar-refractivity contribution < 1.29 is 14.6 Å². The zero-order valence-corrected chi connectivity index (χ0v) is 18.4. The van der Waals surface area contributed by atoms with Gasteiger partial charge in [0.15, 0.2) is 11.5 Å². The van der Waals surface area contributed by atoms with Gasteiger partial charge < -0.3 is 21.0 Å². The van der Waals surface area contributed by atoms with Crippen LogP contribution >= 0.6 is 35.0 Å². The molecule has 3 rings (SSSR count). The Balaban J connectivity index is 1.55. The first-order valence-electron chi connectivity index (χ1n) is 8.61. The van der Waals surface area contributed by atoms with E-state index in [9.17, 15) is 9.90 Å². The Kier molecular flexibility index (Phi) is 7.45. The Bertz CT molecular complexity index is 1120. The number of rotatable bonds is 8. The predicted molar refractivity (Wildman–Crippen MR) is 122 cm³/mol. The van der Waals surface area contributed by atoms with Gasteiger partial charge in [0, 0.05) is 5.02 Å². The number of nitrogens with one attached hydrogen (secondary N) is 2. The number of carbonyl (C=O) groups is 1. The minimum Gasteiger partial charge on any atom is -0.504 e. The summed E-state index contributed by atoms with van der Waals surface area (Å²) in [4.78, 5) is 12.2. The van der Waals surface area contributed by atoms with Gasteiger partial charge in [0.2, 0.25) is 11.1 Å². The first-order valence-corrected chi connectivity index (χ1v) is 10.4. The minimum absolute atomic E-state index is 0.00899. The highest BCUT2D eigenvalue weighted by Crippen LogP contribution is 2.26. The number of aromatic nitrogens is 3. The second-order valence-electron chi connectivity index (χ2n) is 5.94. The summed E-state index contributed by atoms with van der Waals surface area (Å²) in [7, 11) is 1.46. The zero-order chi connectivity index (χ0) is 22.4. The lowest BCUT2D eigenvalue weighted by Crippen LogP contribution is -2.17. The molecule has 0 aliphatic heterocycles. The topological polar surface area (TPSA) is 140 Å². The van der Waals surface area contributed by atoms with Crippen molar-refractivity contribution in [3.63, 3.8) is 0 Å². The van der Waals surface area contributed by atoms with E-state index in [2.05, 4.69) is 26.0 Å². The standard InChI is InChI=1S/C18H17Cl2N7O3S/c1-30-15-5-2-10(6-14(15)28)8-22-24-17-25-26-18(27(17)21)31-9-16(29)23-13-4-3-11(19)7-12(13)20/h2-8,28H,9,21H2,1H3,(H,23,29)(H,24,25)/b22-8+. The molecule has 162 valence electrons. The third-order valence-electron chi connectivity index (χ3n) is 3.78. The van der Waals surface area contributed by atoms with E-state index in [0.717, 1.165) is 16.4 Å². The number of ether oxygens (including phenoxy) is 1. The lowest BCUT2D eigenvalue weighted by atomic mass is 10.2. The number of anilines is 2. The van der Waals surface area contributed by atoms with E-state index < -0.39 is 0 Å². The van der Waals surface area contributed by atoms with E-state index in [1.54, 1.807) is 24.3 Å². The van der Waals surface area contributed by atoms with Crippen LogP contribution in [0.1, 0.15) is 5.56 Å². The van der Waals surface area contributed by atoms with Gasteiger partial charge in [0.05, 0.1) is 29.8 Å². The average Bonchev–Trinajstić information content (AvgIpc) is 3.08. The van der Waals surface area contributed by atoms with Gasteiger partial charge >= 0.3 is 0 Å². The van der Waals surface area contributed by atoms with Crippen LogP contribution in [0.4, 0.5) is 11.6 Å². The molecule has 0 saturated carbocycles. The van der Waals surface area contributed by atoms with Crippen molar-refractivity contribution in [3.8, 4) is 11.5 Å². The number of methoxy groups -OCH3 is 1. The number of benzene rings is 2. The number of hydrazone groups is 1. The number of nitrogen functional groups attached to an aromatic ring is 1. The quantitative estimate of drug-likeness (QED) is 0.166. The van der Waals surface area contributed by atoms with Crippen molar-refractivity contribution in [1.29, 1.82) is 0 Å². The maximum atomic E-state index is 12.2. The average molecular weight is 482 g/mol. The van der Waals surface area contributed by atoms with Crippen molar-refractivity contribution in [2.45, 2.75) is 5.16 Å². The third-order valence-corrected chi connectivity index (χ3v) is 5.27. The first-order chi connectivity index (χ1) is 14.9. The van der Waals surface area contributed by atoms with Crippen LogP contribution in [0.5, 0.6) is 11.5 Å². The van der Waals surface area contributed by atoms with Gasteiger partial charge in [-0.15, -0.1) is 10.2 Å². The van der Waals surface area contributed by atoms with Crippen molar-refractivity contribution in [2.75, 3.05) is 29.4 Å². The molecular formula is C18H17Cl2N7O3S. The van der Waals surface area contributed by atoms with Gasteiger partial charge in [0.1, 0.15) is 0 Å². The molecule has 5 N–H and O–H groups in total. The number of hydrogen-bond acceptors (Lipinski definition) is 9. The normalized spacial score (nSPS) is 10.9. The van der Waals surface area contributed by atoms with Crippen LogP contribution in [-0.4, -0.2) is 45.0 Å². The van der Waals surface area contributed by atoms with E-state index >= 15 is 0 Å². The number of amides is 1. The van der Waals surface area contributed by atoms with Crippen LogP contribution in [0.25, 0.3) is 0 Å². The summed E-state index contributed by atoms with van der Waals surface area (Å²) in [5, 5.41) is 25.4. The Labute approximate surface area is 191 Å². The summed E-state index contributed by atoms with van der Waals surface area (Å²) in [6.07, 6.45) is 1.46. The summed E-state index contributed by atoms with van der Waals surface area (Å²) < 4.78 is 6.15. The number of hydrogen-bond donors (Lipinski definition) is 4. The van der Waals surface area contributed by atoms with E-state index in [-0.39, 0.29) is 23.4 Å². The van der Waals surface area contributed by atoms with E-state index in [0.29, 0.717) is 32.2 Å². The Hall–Kier alpha value is -3.15. The molecule has 1 heterocycles. The zero-order valence-electron chi connectivity index (χ0n) is 16.0. The van der Waals surface area contributed by atoms with Crippen LogP contribution in [-0.2, 0) is 4.79 Å². The monoisotopic (exact) mass is 481 g/mol. The highest BCUT2D eigenvalue weighted by atomic mass is 35.5. The number of aromatic hydroxyl groups is 1. The van der Waals surface area contributed by atoms with Gasteiger partial charge in [-0.25, -0.2) is 10.1 Å². The number of carbonyl (C=O) groups excluding carboxylic acids is 1. The predicted octanol–water partition coefficient (Wildman–Crippen LogP) is 3.19. The number of phenolic OH excluding ortho intramolecular Hbond substituents is 1. The van der Waals surface area contributed by atoms with Crippen molar-refractivity contribution in [1.82, 2.24) is 14.9 Å². The molecule has 13 heteroatoms. The number of phenols is 1. The number of nitrogens with two attached hydrogens (primary N) is 1. The molecule has 0 aliphatic rings. The second kappa shape index (κ2) is 10.2. The van der Waals surface area contributed by atoms with Crippen LogP contribution in [0.15, 0.2) is 46.7 Å². The summed E-state index contributed by atoms with van der Waals surface area (Å²) >= 11 is 13.0. The molecule has 2 aromatic carbocycles. The molecule has 0 aliphatic carbocycles. The van der Waals surface area contributed by atoms with E-state index in [4.69, 9.17) is 33.8 Å². The Morgan fingerprint density at radius 3 is 2.84 bits per heavy atom. The van der Waals surface area contributed by atoms with E-state index in [1.807, 2.05) is 0 Å².